The molecule has 0 aromatic heterocycles. The summed E-state index contributed by atoms with van der Waals surface area (Å²) in [6.07, 6.45) is 0. The Morgan fingerprint density at radius 3 is 2.69 bits per heavy atom. The fourth-order valence-corrected chi connectivity index (χ4v) is 2.83. The van der Waals surface area contributed by atoms with E-state index in [1.165, 1.54) is 13.0 Å². The molecule has 0 aliphatic carbocycles. The SMILES string of the molecule is CC(=O)c1c(F)cccc1N1CCSCC1. The molecule has 0 N–H and O–H groups in total. The van der Waals surface area contributed by atoms with Crippen LogP contribution >= 0.6 is 11.8 Å². The number of nitrogens with zero attached hydrogens (tertiary/aromatic N) is 1. The van der Waals surface area contributed by atoms with E-state index in [1.54, 1.807) is 6.07 Å². The first-order valence-electron chi connectivity index (χ1n) is 5.32. The number of anilines is 1. The number of ketones is 1. The number of hydrogen-bond acceptors (Lipinski definition) is 3. The molecule has 0 unspecified atom stereocenters. The number of benzene rings is 1. The lowest BCUT2D eigenvalue weighted by Crippen LogP contribution is -2.33. The maximum Gasteiger partial charge on any atom is 0.164 e. The Bertz CT molecular complexity index is 402. The van der Waals surface area contributed by atoms with Crippen LogP contribution in [0.15, 0.2) is 18.2 Å². The first-order chi connectivity index (χ1) is 7.70. The molecule has 0 atom stereocenters. The average molecular weight is 239 g/mol. The molecule has 0 bridgehead atoms. The molecule has 1 aliphatic heterocycles. The number of carbonyl (C=O) groups excluding carboxylic acids is 1. The minimum absolute atomic E-state index is 0.202. The summed E-state index contributed by atoms with van der Waals surface area (Å²) in [7, 11) is 0. The van der Waals surface area contributed by atoms with Crippen LogP contribution in [-0.2, 0) is 0 Å². The highest BCUT2D eigenvalue weighted by molar-refractivity contribution is 7.99. The van der Waals surface area contributed by atoms with Crippen molar-refractivity contribution in [2.75, 3.05) is 29.5 Å². The van der Waals surface area contributed by atoms with Crippen LogP contribution in [0.1, 0.15) is 17.3 Å². The molecule has 2 rings (SSSR count). The highest BCUT2D eigenvalue weighted by Gasteiger charge is 2.19. The van der Waals surface area contributed by atoms with Gasteiger partial charge in [0.05, 0.1) is 11.3 Å². The number of thioether (sulfide) groups is 1. The minimum atomic E-state index is -0.414. The quantitative estimate of drug-likeness (QED) is 0.740. The first-order valence-corrected chi connectivity index (χ1v) is 6.48. The fraction of sp³-hybridized carbons (Fsp3) is 0.417. The predicted molar refractivity (Wildman–Crippen MR) is 65.9 cm³/mol. The average Bonchev–Trinajstić information content (AvgIpc) is 2.29. The van der Waals surface area contributed by atoms with Crippen molar-refractivity contribution in [1.82, 2.24) is 0 Å². The topological polar surface area (TPSA) is 20.3 Å². The van der Waals surface area contributed by atoms with Crippen LogP contribution in [-0.4, -0.2) is 30.4 Å². The van der Waals surface area contributed by atoms with Crippen molar-refractivity contribution in [1.29, 1.82) is 0 Å². The van der Waals surface area contributed by atoms with Gasteiger partial charge in [0.1, 0.15) is 5.82 Å². The van der Waals surface area contributed by atoms with Gasteiger partial charge in [-0.05, 0) is 19.1 Å². The highest BCUT2D eigenvalue weighted by Crippen LogP contribution is 2.26. The summed E-state index contributed by atoms with van der Waals surface area (Å²) < 4.78 is 13.6. The zero-order chi connectivity index (χ0) is 11.5. The Balaban J connectivity index is 2.38. The Labute approximate surface area is 98.8 Å². The van der Waals surface area contributed by atoms with Gasteiger partial charge in [-0.2, -0.15) is 11.8 Å². The van der Waals surface area contributed by atoms with Crippen LogP contribution in [0, 0.1) is 5.82 Å². The summed E-state index contributed by atoms with van der Waals surface area (Å²) in [4.78, 5) is 13.6. The standard InChI is InChI=1S/C12H14FNOS/c1-9(15)12-10(13)3-2-4-11(12)14-5-7-16-8-6-14/h2-4H,5-8H2,1H3. The normalized spacial score (nSPS) is 16.2. The minimum Gasteiger partial charge on any atom is -0.369 e. The molecule has 1 fully saturated rings. The predicted octanol–water partition coefficient (Wildman–Crippen LogP) is 2.58. The van der Waals surface area contributed by atoms with Crippen LogP contribution in [0.2, 0.25) is 0 Å². The summed E-state index contributed by atoms with van der Waals surface area (Å²) >= 11 is 1.89. The summed E-state index contributed by atoms with van der Waals surface area (Å²) in [6, 6.07) is 4.84. The van der Waals surface area contributed by atoms with Crippen molar-refractivity contribution < 1.29 is 9.18 Å². The van der Waals surface area contributed by atoms with Crippen LogP contribution in [0.25, 0.3) is 0 Å². The molecular weight excluding hydrogens is 225 g/mol. The Kier molecular flexibility index (Phi) is 3.49. The third-order valence-electron chi connectivity index (χ3n) is 2.70. The molecule has 0 saturated carbocycles. The van der Waals surface area contributed by atoms with Gasteiger partial charge in [-0.15, -0.1) is 0 Å². The number of carbonyl (C=O) groups is 1. The zero-order valence-corrected chi connectivity index (χ0v) is 10.0. The summed E-state index contributed by atoms with van der Waals surface area (Å²) in [6.45, 7) is 3.18. The third kappa shape index (κ3) is 2.21. The molecule has 0 spiro atoms. The lowest BCUT2D eigenvalue weighted by molar-refractivity contribution is 0.101. The maximum absolute atomic E-state index is 13.6. The van der Waals surface area contributed by atoms with Crippen molar-refractivity contribution in [2.45, 2.75) is 6.92 Å². The van der Waals surface area contributed by atoms with Crippen molar-refractivity contribution in [3.63, 3.8) is 0 Å². The Morgan fingerprint density at radius 1 is 1.38 bits per heavy atom. The van der Waals surface area contributed by atoms with Crippen LogP contribution in [0.3, 0.4) is 0 Å². The number of rotatable bonds is 2. The molecule has 86 valence electrons. The molecule has 0 amide bonds. The van der Waals surface area contributed by atoms with E-state index in [9.17, 15) is 9.18 Å². The second kappa shape index (κ2) is 4.87. The van der Waals surface area contributed by atoms with Gasteiger partial charge in [0.2, 0.25) is 0 Å². The lowest BCUT2D eigenvalue weighted by atomic mass is 10.1. The van der Waals surface area contributed by atoms with Crippen molar-refractivity contribution >= 4 is 23.2 Å². The van der Waals surface area contributed by atoms with E-state index in [1.807, 2.05) is 17.8 Å². The van der Waals surface area contributed by atoms with Crippen LogP contribution < -0.4 is 4.90 Å². The zero-order valence-electron chi connectivity index (χ0n) is 9.20. The van der Waals surface area contributed by atoms with E-state index in [0.717, 1.165) is 30.3 Å². The second-order valence-electron chi connectivity index (χ2n) is 3.79. The Hall–Kier alpha value is -1.03. The molecule has 0 radical (unpaired) electrons. The van der Waals surface area contributed by atoms with E-state index in [-0.39, 0.29) is 11.3 Å². The van der Waals surface area contributed by atoms with Gasteiger partial charge in [-0.25, -0.2) is 4.39 Å². The maximum atomic E-state index is 13.6. The largest absolute Gasteiger partial charge is 0.369 e. The number of hydrogen-bond donors (Lipinski definition) is 0. The van der Waals surface area contributed by atoms with Crippen molar-refractivity contribution in [3.05, 3.63) is 29.6 Å². The molecule has 1 saturated heterocycles. The van der Waals surface area contributed by atoms with Gasteiger partial charge in [0.15, 0.2) is 5.78 Å². The third-order valence-corrected chi connectivity index (χ3v) is 3.64. The fourth-order valence-electron chi connectivity index (χ4n) is 1.93. The molecule has 1 aromatic rings. The van der Waals surface area contributed by atoms with Crippen LogP contribution in [0.5, 0.6) is 0 Å². The lowest BCUT2D eigenvalue weighted by Gasteiger charge is -2.29. The summed E-state index contributed by atoms with van der Waals surface area (Å²) in [5, 5.41) is 0. The Morgan fingerprint density at radius 2 is 2.06 bits per heavy atom. The van der Waals surface area contributed by atoms with Gasteiger partial charge < -0.3 is 4.90 Å². The molecule has 1 aromatic carbocycles. The molecule has 2 nitrogen and oxygen atoms in total. The van der Waals surface area contributed by atoms with E-state index in [2.05, 4.69) is 4.90 Å². The summed E-state index contributed by atoms with van der Waals surface area (Å²) in [5.41, 5.74) is 0.974. The van der Waals surface area contributed by atoms with E-state index in [4.69, 9.17) is 0 Å². The van der Waals surface area contributed by atoms with Gasteiger partial charge >= 0.3 is 0 Å². The van der Waals surface area contributed by atoms with Gasteiger partial charge in [0, 0.05) is 24.6 Å². The van der Waals surface area contributed by atoms with E-state index < -0.39 is 5.82 Å². The second-order valence-corrected chi connectivity index (χ2v) is 5.01. The number of Topliss-reactive ketones (excluding diaryl/α,β-unsaturated/α-hetero) is 1. The molecule has 1 heterocycles. The van der Waals surface area contributed by atoms with E-state index >= 15 is 0 Å². The molecule has 16 heavy (non-hydrogen) atoms. The van der Waals surface area contributed by atoms with Crippen molar-refractivity contribution in [2.24, 2.45) is 0 Å². The smallest absolute Gasteiger partial charge is 0.164 e. The monoisotopic (exact) mass is 239 g/mol. The van der Waals surface area contributed by atoms with Gasteiger partial charge in [-0.3, -0.25) is 4.79 Å². The molecule has 4 heteroatoms. The molecular formula is C12H14FNOS. The highest BCUT2D eigenvalue weighted by atomic mass is 32.2. The summed E-state index contributed by atoms with van der Waals surface area (Å²) in [5.74, 6) is 1.45. The first kappa shape index (κ1) is 11.5. The van der Waals surface area contributed by atoms with E-state index in [0.29, 0.717) is 0 Å². The number of halogens is 1. The van der Waals surface area contributed by atoms with Gasteiger partial charge in [0.25, 0.3) is 0 Å². The van der Waals surface area contributed by atoms with Gasteiger partial charge in [-0.1, -0.05) is 6.07 Å². The van der Waals surface area contributed by atoms with Crippen LogP contribution in [0.4, 0.5) is 10.1 Å². The molecule has 1 aliphatic rings. The van der Waals surface area contributed by atoms with Crippen molar-refractivity contribution in [3.8, 4) is 0 Å².